The minimum Gasteiger partial charge on any atom is -0.494 e. The van der Waals surface area contributed by atoms with Crippen LogP contribution in [-0.2, 0) is 0 Å². The van der Waals surface area contributed by atoms with Crippen LogP contribution in [0, 0.1) is 0 Å². The maximum Gasteiger partial charge on any atom is 0.119 e. The molecular weight excluding hydrogens is 284 g/mol. The van der Waals surface area contributed by atoms with Gasteiger partial charge in [-0.25, -0.2) is 0 Å². The van der Waals surface area contributed by atoms with Gasteiger partial charge in [-0.2, -0.15) is 0 Å². The van der Waals surface area contributed by atoms with Gasteiger partial charge in [0.1, 0.15) is 5.75 Å². The maximum absolute atomic E-state index is 5.43. The zero-order valence-corrected chi connectivity index (χ0v) is 13.4. The molecule has 0 radical (unpaired) electrons. The van der Waals surface area contributed by atoms with E-state index in [4.69, 9.17) is 4.74 Å². The molecule has 0 aliphatic carbocycles. The predicted molar refractivity (Wildman–Crippen MR) is 97.7 cm³/mol. The first kappa shape index (κ1) is 15.1. The average molecular weight is 304 g/mol. The third-order valence-electron chi connectivity index (χ3n) is 3.74. The van der Waals surface area contributed by atoms with Crippen LogP contribution in [0.15, 0.2) is 71.4 Å². The van der Waals surface area contributed by atoms with Crippen molar-refractivity contribution >= 4 is 23.7 Å². The molecule has 3 rings (SSSR count). The number of nitrogens with zero attached hydrogens (tertiary/aromatic N) is 2. The van der Waals surface area contributed by atoms with Crippen LogP contribution in [0.25, 0.3) is 6.08 Å². The normalized spacial score (nSPS) is 15.2. The molecule has 0 N–H and O–H groups in total. The molecule has 116 valence electrons. The van der Waals surface area contributed by atoms with Gasteiger partial charge in [-0.05, 0) is 55.0 Å². The molecule has 2 aromatic rings. The van der Waals surface area contributed by atoms with E-state index in [1.54, 1.807) is 0 Å². The van der Waals surface area contributed by atoms with E-state index in [0.717, 1.165) is 17.1 Å². The summed E-state index contributed by atoms with van der Waals surface area (Å²) < 4.78 is 5.43. The second-order valence-corrected chi connectivity index (χ2v) is 5.25. The first-order valence-electron chi connectivity index (χ1n) is 7.76. The number of hydrogen-bond acceptors (Lipinski definition) is 3. The van der Waals surface area contributed by atoms with Crippen molar-refractivity contribution in [1.29, 1.82) is 0 Å². The smallest absolute Gasteiger partial charge is 0.119 e. The number of fused-ring (bicyclic) bond motifs is 1. The summed E-state index contributed by atoms with van der Waals surface area (Å²) in [7, 11) is 2.07. The van der Waals surface area contributed by atoms with Gasteiger partial charge >= 0.3 is 0 Å². The fraction of sp³-hybridized carbons (Fsp3) is 0.150. The van der Waals surface area contributed by atoms with E-state index < -0.39 is 0 Å². The second kappa shape index (κ2) is 6.97. The first-order valence-corrected chi connectivity index (χ1v) is 7.76. The molecule has 0 spiro atoms. The Bertz CT molecular complexity index is 757. The van der Waals surface area contributed by atoms with Gasteiger partial charge in [-0.3, -0.25) is 4.99 Å². The minimum absolute atomic E-state index is 0.675. The number of likely N-dealkylation sites (N-methyl/N-ethyl adjacent to an activating group) is 1. The van der Waals surface area contributed by atoms with Gasteiger partial charge in [0.2, 0.25) is 0 Å². The lowest BCUT2D eigenvalue weighted by Crippen LogP contribution is -2.18. The third-order valence-corrected chi connectivity index (χ3v) is 3.74. The van der Waals surface area contributed by atoms with Crippen LogP contribution in [0.5, 0.6) is 5.75 Å². The molecule has 0 saturated heterocycles. The molecule has 0 atom stereocenters. The molecular formula is C20H20N2O. The monoisotopic (exact) mass is 304 g/mol. The van der Waals surface area contributed by atoms with E-state index in [1.807, 2.05) is 43.5 Å². The van der Waals surface area contributed by atoms with Gasteiger partial charge < -0.3 is 9.64 Å². The van der Waals surface area contributed by atoms with Gasteiger partial charge in [0.05, 0.1) is 12.3 Å². The first-order chi connectivity index (χ1) is 11.3. The maximum atomic E-state index is 5.43. The van der Waals surface area contributed by atoms with E-state index in [1.165, 1.54) is 11.3 Å². The SMILES string of the molecule is CCOc1ccc(N=C/C=C2/C=Cc3ccccc3N2C)cc1. The summed E-state index contributed by atoms with van der Waals surface area (Å²) in [5, 5.41) is 0. The van der Waals surface area contributed by atoms with Crippen molar-refractivity contribution in [2.45, 2.75) is 6.92 Å². The molecule has 0 fully saturated rings. The number of ether oxygens (including phenoxy) is 1. The molecule has 0 amide bonds. The molecule has 0 saturated carbocycles. The van der Waals surface area contributed by atoms with Crippen molar-refractivity contribution in [2.24, 2.45) is 4.99 Å². The fourth-order valence-electron chi connectivity index (χ4n) is 2.52. The number of benzene rings is 2. The lowest BCUT2D eigenvalue weighted by atomic mass is 10.1. The Balaban J connectivity index is 1.73. The van der Waals surface area contributed by atoms with Crippen LogP contribution in [0.1, 0.15) is 12.5 Å². The molecule has 2 aromatic carbocycles. The molecule has 23 heavy (non-hydrogen) atoms. The van der Waals surface area contributed by atoms with E-state index in [0.29, 0.717) is 6.61 Å². The van der Waals surface area contributed by atoms with Gasteiger partial charge in [0, 0.05) is 24.6 Å². The molecule has 3 nitrogen and oxygen atoms in total. The molecule has 1 aliphatic rings. The summed E-state index contributed by atoms with van der Waals surface area (Å²) in [4.78, 5) is 6.64. The van der Waals surface area contributed by atoms with E-state index >= 15 is 0 Å². The molecule has 0 unspecified atom stereocenters. The highest BCUT2D eigenvalue weighted by molar-refractivity contribution is 5.82. The standard InChI is InChI=1S/C20H20N2O/c1-3-23-19-12-9-17(10-13-19)21-15-14-18-11-8-16-6-4-5-7-20(16)22(18)2/h4-15H,3H2,1-2H3/b18-14-,21-15?. The number of anilines is 1. The predicted octanol–water partition coefficient (Wildman–Crippen LogP) is 4.83. The van der Waals surface area contributed by atoms with E-state index in [9.17, 15) is 0 Å². The van der Waals surface area contributed by atoms with Crippen molar-refractivity contribution in [3.8, 4) is 5.75 Å². The summed E-state index contributed by atoms with van der Waals surface area (Å²) in [6.45, 7) is 2.65. The molecule has 0 aromatic heterocycles. The Morgan fingerprint density at radius 3 is 2.61 bits per heavy atom. The summed E-state index contributed by atoms with van der Waals surface area (Å²) in [6.07, 6.45) is 8.08. The number of hydrogen-bond donors (Lipinski definition) is 0. The van der Waals surface area contributed by atoms with E-state index in [-0.39, 0.29) is 0 Å². The zero-order chi connectivity index (χ0) is 16.1. The van der Waals surface area contributed by atoms with Crippen LogP contribution in [0.4, 0.5) is 11.4 Å². The van der Waals surface area contributed by atoms with Gasteiger partial charge in [-0.1, -0.05) is 24.3 Å². The lowest BCUT2D eigenvalue weighted by Gasteiger charge is -2.25. The Morgan fingerprint density at radius 2 is 1.83 bits per heavy atom. The second-order valence-electron chi connectivity index (χ2n) is 5.25. The summed E-state index contributed by atoms with van der Waals surface area (Å²) >= 11 is 0. The number of rotatable bonds is 4. The topological polar surface area (TPSA) is 24.8 Å². The molecule has 3 heteroatoms. The Morgan fingerprint density at radius 1 is 1.04 bits per heavy atom. The van der Waals surface area contributed by atoms with Gasteiger partial charge in [0.15, 0.2) is 0 Å². The highest BCUT2D eigenvalue weighted by Crippen LogP contribution is 2.28. The highest BCUT2D eigenvalue weighted by Gasteiger charge is 2.11. The summed E-state index contributed by atoms with van der Waals surface area (Å²) in [5.41, 5.74) is 4.46. The summed E-state index contributed by atoms with van der Waals surface area (Å²) in [6, 6.07) is 16.1. The van der Waals surface area contributed by atoms with E-state index in [2.05, 4.69) is 53.4 Å². The highest BCUT2D eigenvalue weighted by atomic mass is 16.5. The number of allylic oxidation sites excluding steroid dienone is 2. The third kappa shape index (κ3) is 3.51. The van der Waals surface area contributed by atoms with Crippen molar-refractivity contribution in [1.82, 2.24) is 0 Å². The van der Waals surface area contributed by atoms with Crippen LogP contribution in [0.2, 0.25) is 0 Å². The Kier molecular flexibility index (Phi) is 4.57. The summed E-state index contributed by atoms with van der Waals surface area (Å²) in [5.74, 6) is 0.872. The molecule has 1 aliphatic heterocycles. The van der Waals surface area contributed by atoms with Crippen LogP contribution in [0.3, 0.4) is 0 Å². The molecule has 1 heterocycles. The lowest BCUT2D eigenvalue weighted by molar-refractivity contribution is 0.340. The van der Waals surface area contributed by atoms with Crippen LogP contribution in [-0.4, -0.2) is 19.9 Å². The van der Waals surface area contributed by atoms with Crippen molar-refractivity contribution in [3.63, 3.8) is 0 Å². The van der Waals surface area contributed by atoms with Crippen molar-refractivity contribution in [3.05, 3.63) is 71.9 Å². The van der Waals surface area contributed by atoms with Crippen molar-refractivity contribution in [2.75, 3.05) is 18.6 Å². The number of aliphatic imine (C=N–C) groups is 1. The fourth-order valence-corrected chi connectivity index (χ4v) is 2.52. The van der Waals surface area contributed by atoms with Crippen LogP contribution >= 0.6 is 0 Å². The van der Waals surface area contributed by atoms with Gasteiger partial charge in [0.25, 0.3) is 0 Å². The van der Waals surface area contributed by atoms with Crippen molar-refractivity contribution < 1.29 is 4.74 Å². The Hall–Kier alpha value is -2.81. The zero-order valence-electron chi connectivity index (χ0n) is 13.4. The Labute approximate surface area is 137 Å². The largest absolute Gasteiger partial charge is 0.494 e. The minimum atomic E-state index is 0.675. The molecule has 0 bridgehead atoms. The van der Waals surface area contributed by atoms with Crippen LogP contribution < -0.4 is 9.64 Å². The van der Waals surface area contributed by atoms with Gasteiger partial charge in [-0.15, -0.1) is 0 Å². The number of para-hydroxylation sites is 1. The average Bonchev–Trinajstić information content (AvgIpc) is 2.59. The quantitative estimate of drug-likeness (QED) is 0.755.